The highest BCUT2D eigenvalue weighted by Gasteiger charge is 2.20. The molecule has 0 fully saturated rings. The summed E-state index contributed by atoms with van der Waals surface area (Å²) in [5.41, 5.74) is 6.57. The quantitative estimate of drug-likeness (QED) is 0.658. The van der Waals surface area contributed by atoms with Gasteiger partial charge in [-0.2, -0.15) is 0 Å². The van der Waals surface area contributed by atoms with Gasteiger partial charge in [0.15, 0.2) is 0 Å². The Hall–Kier alpha value is -1.63. The lowest BCUT2D eigenvalue weighted by molar-refractivity contribution is 0.569. The van der Waals surface area contributed by atoms with Crippen LogP contribution in [0.25, 0.3) is 11.1 Å². The zero-order valence-corrected chi connectivity index (χ0v) is 14.4. The summed E-state index contributed by atoms with van der Waals surface area (Å²) in [6.45, 7) is 15.6. The lowest BCUT2D eigenvalue weighted by atomic mass is 9.79. The maximum atomic E-state index is 4.44. The molecular weight excluding hydrogens is 254 g/mol. The van der Waals surface area contributed by atoms with Crippen molar-refractivity contribution in [2.45, 2.75) is 59.3 Å². The Morgan fingerprint density at radius 2 is 1.24 bits per heavy atom. The third kappa shape index (κ3) is 3.72. The van der Waals surface area contributed by atoms with Crippen LogP contribution >= 0.6 is 0 Å². The maximum Gasteiger partial charge on any atom is 0.0373 e. The molecule has 0 radical (unpaired) electrons. The van der Waals surface area contributed by atoms with Crippen LogP contribution in [0.15, 0.2) is 36.5 Å². The Morgan fingerprint density at radius 3 is 1.62 bits per heavy atom. The molecule has 0 spiro atoms. The topological polar surface area (TPSA) is 12.9 Å². The lowest BCUT2D eigenvalue weighted by Gasteiger charge is -2.26. The first kappa shape index (κ1) is 15.8. The van der Waals surface area contributed by atoms with Crippen LogP contribution in [0.2, 0.25) is 0 Å². The fourth-order valence-corrected chi connectivity index (χ4v) is 2.30. The van der Waals surface area contributed by atoms with Gasteiger partial charge in [-0.1, -0.05) is 65.8 Å². The van der Waals surface area contributed by atoms with Crippen LogP contribution in [0.1, 0.15) is 58.4 Å². The van der Waals surface area contributed by atoms with E-state index in [-0.39, 0.29) is 10.8 Å². The minimum Gasteiger partial charge on any atom is -0.261 e. The van der Waals surface area contributed by atoms with Crippen LogP contribution in [0.4, 0.5) is 0 Å². The minimum atomic E-state index is 0.147. The second kappa shape index (κ2) is 5.29. The molecule has 0 aliphatic rings. The van der Waals surface area contributed by atoms with Gasteiger partial charge in [-0.25, -0.2) is 0 Å². The van der Waals surface area contributed by atoms with E-state index in [1.165, 1.54) is 22.3 Å². The molecule has 1 heteroatoms. The molecule has 21 heavy (non-hydrogen) atoms. The molecule has 1 heterocycles. The third-order valence-corrected chi connectivity index (χ3v) is 3.91. The lowest BCUT2D eigenvalue weighted by Crippen LogP contribution is -2.16. The summed E-state index contributed by atoms with van der Waals surface area (Å²) in [6.07, 6.45) is 1.98. The van der Waals surface area contributed by atoms with E-state index < -0.39 is 0 Å². The van der Waals surface area contributed by atoms with Gasteiger partial charge in [0.25, 0.3) is 0 Å². The first-order valence-corrected chi connectivity index (χ1v) is 7.66. The van der Waals surface area contributed by atoms with Crippen molar-refractivity contribution < 1.29 is 0 Å². The zero-order valence-electron chi connectivity index (χ0n) is 14.4. The number of pyridine rings is 1. The maximum absolute atomic E-state index is 4.44. The monoisotopic (exact) mass is 281 g/mol. The Morgan fingerprint density at radius 1 is 0.714 bits per heavy atom. The van der Waals surface area contributed by atoms with Crippen LogP contribution < -0.4 is 0 Å². The van der Waals surface area contributed by atoms with Crippen molar-refractivity contribution in [3.05, 3.63) is 53.3 Å². The van der Waals surface area contributed by atoms with Gasteiger partial charge in [0.2, 0.25) is 0 Å². The summed E-state index contributed by atoms with van der Waals surface area (Å²) in [5.74, 6) is 0. The molecule has 0 unspecified atom stereocenters. The smallest absolute Gasteiger partial charge is 0.0373 e. The molecule has 1 aromatic carbocycles. The Labute approximate surface area is 129 Å². The average Bonchev–Trinajstić information content (AvgIpc) is 2.37. The second-order valence-electron chi connectivity index (χ2n) is 7.99. The van der Waals surface area contributed by atoms with Crippen LogP contribution in [-0.4, -0.2) is 4.98 Å². The SMILES string of the molecule is Cc1ccc(-c2cc(C(C)(C)C)cc(C(C)(C)C)c2)cn1. The third-order valence-electron chi connectivity index (χ3n) is 3.91. The summed E-state index contributed by atoms with van der Waals surface area (Å²) < 4.78 is 0. The van der Waals surface area contributed by atoms with E-state index >= 15 is 0 Å². The van der Waals surface area contributed by atoms with Crippen LogP contribution in [-0.2, 0) is 10.8 Å². The molecule has 0 saturated heterocycles. The molecule has 0 N–H and O–H groups in total. The Bertz CT molecular complexity index is 590. The number of benzene rings is 1. The molecule has 0 aliphatic heterocycles. The van der Waals surface area contributed by atoms with Crippen molar-refractivity contribution in [3.63, 3.8) is 0 Å². The van der Waals surface area contributed by atoms with Crippen molar-refractivity contribution in [2.24, 2.45) is 0 Å². The molecule has 2 rings (SSSR count). The van der Waals surface area contributed by atoms with Gasteiger partial charge in [-0.15, -0.1) is 0 Å². The number of nitrogens with zero attached hydrogens (tertiary/aromatic N) is 1. The molecule has 112 valence electrons. The zero-order chi connectivity index (χ0) is 15.8. The van der Waals surface area contributed by atoms with Crippen molar-refractivity contribution in [3.8, 4) is 11.1 Å². The number of aromatic nitrogens is 1. The van der Waals surface area contributed by atoms with E-state index in [1.807, 2.05) is 13.1 Å². The summed E-state index contributed by atoms with van der Waals surface area (Å²) in [5, 5.41) is 0. The summed E-state index contributed by atoms with van der Waals surface area (Å²) in [4.78, 5) is 4.44. The molecule has 2 aromatic rings. The minimum absolute atomic E-state index is 0.147. The van der Waals surface area contributed by atoms with Gasteiger partial charge in [0.05, 0.1) is 0 Å². The largest absolute Gasteiger partial charge is 0.261 e. The highest BCUT2D eigenvalue weighted by atomic mass is 14.7. The predicted octanol–water partition coefficient (Wildman–Crippen LogP) is 5.65. The number of aryl methyl sites for hydroxylation is 1. The summed E-state index contributed by atoms with van der Waals surface area (Å²) in [6, 6.07) is 11.2. The average molecular weight is 281 g/mol. The van der Waals surface area contributed by atoms with E-state index in [9.17, 15) is 0 Å². The molecule has 0 saturated carbocycles. The number of hydrogen-bond donors (Lipinski definition) is 0. The van der Waals surface area contributed by atoms with E-state index in [0.29, 0.717) is 0 Å². The first-order valence-electron chi connectivity index (χ1n) is 7.66. The Balaban J connectivity index is 2.63. The number of hydrogen-bond acceptors (Lipinski definition) is 1. The van der Waals surface area contributed by atoms with Gasteiger partial charge >= 0.3 is 0 Å². The standard InChI is InChI=1S/C20H27N/c1-14-8-9-15(13-21-14)16-10-17(19(2,3)4)12-18(11-16)20(5,6)7/h8-13H,1-7H3. The van der Waals surface area contributed by atoms with Gasteiger partial charge in [0, 0.05) is 17.5 Å². The molecule has 0 bridgehead atoms. The molecular formula is C20H27N. The van der Waals surface area contributed by atoms with E-state index in [0.717, 1.165) is 5.69 Å². The fourth-order valence-electron chi connectivity index (χ4n) is 2.30. The van der Waals surface area contributed by atoms with E-state index in [1.54, 1.807) is 0 Å². The van der Waals surface area contributed by atoms with Crippen molar-refractivity contribution in [2.75, 3.05) is 0 Å². The van der Waals surface area contributed by atoms with Gasteiger partial charge in [0.1, 0.15) is 0 Å². The van der Waals surface area contributed by atoms with E-state index in [4.69, 9.17) is 0 Å². The highest BCUT2D eigenvalue weighted by molar-refractivity contribution is 5.65. The number of rotatable bonds is 1. The molecule has 0 atom stereocenters. The molecule has 1 nitrogen and oxygen atoms in total. The van der Waals surface area contributed by atoms with Crippen molar-refractivity contribution in [1.29, 1.82) is 0 Å². The summed E-state index contributed by atoms with van der Waals surface area (Å²) >= 11 is 0. The van der Waals surface area contributed by atoms with Crippen LogP contribution in [0.3, 0.4) is 0 Å². The first-order chi connectivity index (χ1) is 9.57. The van der Waals surface area contributed by atoms with Gasteiger partial charge in [-0.3, -0.25) is 4.98 Å². The fraction of sp³-hybridized carbons (Fsp3) is 0.450. The second-order valence-corrected chi connectivity index (χ2v) is 7.99. The predicted molar refractivity (Wildman–Crippen MR) is 91.8 cm³/mol. The molecule has 1 aromatic heterocycles. The molecule has 0 amide bonds. The van der Waals surface area contributed by atoms with Crippen molar-refractivity contribution in [1.82, 2.24) is 4.98 Å². The normalized spacial score (nSPS) is 12.5. The highest BCUT2D eigenvalue weighted by Crippen LogP contribution is 2.33. The van der Waals surface area contributed by atoms with Gasteiger partial charge < -0.3 is 0 Å². The van der Waals surface area contributed by atoms with Crippen LogP contribution in [0, 0.1) is 6.92 Å². The van der Waals surface area contributed by atoms with Crippen molar-refractivity contribution >= 4 is 0 Å². The Kier molecular flexibility index (Phi) is 3.97. The summed E-state index contributed by atoms with van der Waals surface area (Å²) in [7, 11) is 0. The van der Waals surface area contributed by atoms with Gasteiger partial charge in [-0.05, 0) is 40.5 Å². The van der Waals surface area contributed by atoms with Crippen LogP contribution in [0.5, 0.6) is 0 Å². The molecule has 0 aliphatic carbocycles. The van der Waals surface area contributed by atoms with E-state index in [2.05, 4.69) is 76.9 Å².